The van der Waals surface area contributed by atoms with E-state index in [-0.39, 0.29) is 11.9 Å². The van der Waals surface area contributed by atoms with E-state index in [1.807, 2.05) is 0 Å². The molecular weight excluding hydrogens is 195 g/mol. The van der Waals surface area contributed by atoms with Crippen LogP contribution in [0.1, 0.15) is 46.5 Å². The molecule has 0 aliphatic rings. The highest BCUT2D eigenvalue weighted by Crippen LogP contribution is 1.95. The number of hydrogen-bond acceptors (Lipinski definition) is 1. The Hall–Kier alpha value is 0.540. The van der Waals surface area contributed by atoms with Gasteiger partial charge in [-0.05, 0) is 6.92 Å². The summed E-state index contributed by atoms with van der Waals surface area (Å²) < 4.78 is 0. The third-order valence-electron chi connectivity index (χ3n) is 0.957. The minimum Gasteiger partial charge on any atom is -0.397 e. The Kier molecular flexibility index (Phi) is 45.8. The first-order valence-electron chi connectivity index (χ1n) is 4.47. The van der Waals surface area contributed by atoms with Crippen LogP contribution in [0.2, 0.25) is 0 Å². The van der Waals surface area contributed by atoms with Crippen LogP contribution in [0, 0.1) is 0 Å². The summed E-state index contributed by atoms with van der Waals surface area (Å²) in [5.41, 5.74) is 0. The molecule has 0 unspecified atom stereocenters. The average molecular weight is 217 g/mol. The smallest absolute Gasteiger partial charge is 0.0967 e. The second kappa shape index (κ2) is 30.0. The molecule has 0 rings (SSSR count). The summed E-state index contributed by atoms with van der Waals surface area (Å²) in [6.07, 6.45) is 5.54. The lowest BCUT2D eigenvalue weighted by Gasteiger charge is -1.86. The lowest BCUT2D eigenvalue weighted by Crippen LogP contribution is -1.66. The number of unbranched alkanes of at least 4 members (excludes halogenated alkanes) is 3. The molecule has 0 aliphatic carbocycles. The van der Waals surface area contributed by atoms with E-state index in [4.69, 9.17) is 28.3 Å². The summed E-state index contributed by atoms with van der Waals surface area (Å²) in [5.74, 6) is 0. The summed E-state index contributed by atoms with van der Waals surface area (Å²) in [7, 11) is 0. The monoisotopic (exact) mass is 216 g/mol. The van der Waals surface area contributed by atoms with Gasteiger partial charge in [0.15, 0.2) is 0 Å². The SMILES string of the molecule is CCCCCC.CCO.ClCCl. The Balaban J connectivity index is -0.000000115. The van der Waals surface area contributed by atoms with Gasteiger partial charge in [0.2, 0.25) is 0 Å². The Morgan fingerprint density at radius 2 is 1.08 bits per heavy atom. The van der Waals surface area contributed by atoms with Crippen LogP contribution in [0.25, 0.3) is 0 Å². The minimum atomic E-state index is 0.194. The van der Waals surface area contributed by atoms with E-state index in [0.29, 0.717) is 0 Å². The standard InChI is InChI=1S/C6H14.C2H6O.CH2Cl2/c1-3-5-6-4-2;1-2-3;2-1-3/h3-6H2,1-2H3;3H,2H2,1H3;1H2. The molecule has 0 saturated carbocycles. The van der Waals surface area contributed by atoms with Crippen LogP contribution in [0.4, 0.5) is 0 Å². The molecule has 3 heteroatoms. The molecule has 0 spiro atoms. The van der Waals surface area contributed by atoms with Crippen molar-refractivity contribution in [3.63, 3.8) is 0 Å². The molecule has 0 saturated heterocycles. The minimum absolute atomic E-state index is 0.194. The first kappa shape index (κ1) is 18.3. The van der Waals surface area contributed by atoms with Gasteiger partial charge in [-0.3, -0.25) is 0 Å². The van der Waals surface area contributed by atoms with Gasteiger partial charge in [0.05, 0.1) is 5.34 Å². The lowest BCUT2D eigenvalue weighted by atomic mass is 10.2. The van der Waals surface area contributed by atoms with E-state index in [9.17, 15) is 0 Å². The fraction of sp³-hybridized carbons (Fsp3) is 1.00. The highest BCUT2D eigenvalue weighted by atomic mass is 35.5. The Morgan fingerprint density at radius 1 is 0.917 bits per heavy atom. The Morgan fingerprint density at radius 3 is 1.17 bits per heavy atom. The van der Waals surface area contributed by atoms with Crippen LogP contribution in [0.15, 0.2) is 0 Å². The van der Waals surface area contributed by atoms with Gasteiger partial charge >= 0.3 is 0 Å². The number of hydrogen-bond donors (Lipinski definition) is 1. The van der Waals surface area contributed by atoms with Crippen molar-refractivity contribution < 1.29 is 5.11 Å². The van der Waals surface area contributed by atoms with E-state index in [0.717, 1.165) is 0 Å². The summed E-state index contributed by atoms with van der Waals surface area (Å²) in [6, 6.07) is 0. The van der Waals surface area contributed by atoms with E-state index < -0.39 is 0 Å². The Bertz CT molecular complexity index is 37.5. The molecule has 0 fully saturated rings. The maximum absolute atomic E-state index is 7.57. The first-order valence-corrected chi connectivity index (χ1v) is 5.54. The highest BCUT2D eigenvalue weighted by Gasteiger charge is 1.75. The normalized spacial score (nSPS) is 7.50. The predicted octanol–water partition coefficient (Wildman–Crippen LogP) is 4.01. The van der Waals surface area contributed by atoms with Gasteiger partial charge in [-0.2, -0.15) is 0 Å². The average Bonchev–Trinajstić information content (AvgIpc) is 2.04. The van der Waals surface area contributed by atoms with Gasteiger partial charge in [-0.15, -0.1) is 23.2 Å². The van der Waals surface area contributed by atoms with Crippen LogP contribution >= 0.6 is 23.2 Å². The van der Waals surface area contributed by atoms with Crippen molar-refractivity contribution in [2.75, 3.05) is 11.9 Å². The molecule has 1 nitrogen and oxygen atoms in total. The van der Waals surface area contributed by atoms with Gasteiger partial charge in [-0.1, -0.05) is 39.5 Å². The van der Waals surface area contributed by atoms with Crippen molar-refractivity contribution in [2.45, 2.75) is 46.5 Å². The van der Waals surface area contributed by atoms with Crippen LogP contribution in [0.5, 0.6) is 0 Å². The van der Waals surface area contributed by atoms with Crippen molar-refractivity contribution in [1.82, 2.24) is 0 Å². The van der Waals surface area contributed by atoms with Crippen LogP contribution < -0.4 is 0 Å². The molecule has 0 aromatic carbocycles. The second-order valence-corrected chi connectivity index (χ2v) is 2.93. The lowest BCUT2D eigenvalue weighted by molar-refractivity contribution is 0.318. The molecule has 1 N–H and O–H groups in total. The fourth-order valence-corrected chi connectivity index (χ4v) is 0.500. The number of alkyl halides is 2. The summed E-state index contributed by atoms with van der Waals surface area (Å²) >= 11 is 9.53. The van der Waals surface area contributed by atoms with Crippen LogP contribution in [-0.4, -0.2) is 17.1 Å². The molecule has 0 radical (unpaired) electrons. The summed E-state index contributed by atoms with van der Waals surface area (Å²) in [5, 5.41) is 7.76. The Labute approximate surface area is 87.1 Å². The molecule has 0 aromatic rings. The predicted molar refractivity (Wildman–Crippen MR) is 59.1 cm³/mol. The van der Waals surface area contributed by atoms with Crippen molar-refractivity contribution >= 4 is 23.2 Å². The molecule has 78 valence electrons. The van der Waals surface area contributed by atoms with Crippen molar-refractivity contribution in [2.24, 2.45) is 0 Å². The van der Waals surface area contributed by atoms with E-state index in [1.165, 1.54) is 25.7 Å². The zero-order valence-electron chi connectivity index (χ0n) is 8.45. The zero-order valence-corrected chi connectivity index (χ0v) is 9.96. The first-order chi connectivity index (χ1) is 5.74. The van der Waals surface area contributed by atoms with Crippen molar-refractivity contribution in [3.8, 4) is 0 Å². The molecule has 0 heterocycles. The van der Waals surface area contributed by atoms with Gasteiger partial charge in [0.25, 0.3) is 0 Å². The largest absolute Gasteiger partial charge is 0.397 e. The molecule has 12 heavy (non-hydrogen) atoms. The maximum Gasteiger partial charge on any atom is 0.0967 e. The summed E-state index contributed by atoms with van der Waals surface area (Å²) in [6.45, 7) is 6.39. The number of rotatable bonds is 3. The van der Waals surface area contributed by atoms with Gasteiger partial charge in [0.1, 0.15) is 0 Å². The third-order valence-corrected chi connectivity index (χ3v) is 0.957. The topological polar surface area (TPSA) is 20.2 Å². The molecular formula is C9H22Cl2O. The maximum atomic E-state index is 7.57. The fourth-order valence-electron chi connectivity index (χ4n) is 0.500. The van der Waals surface area contributed by atoms with Crippen LogP contribution in [-0.2, 0) is 0 Å². The molecule has 0 aromatic heterocycles. The molecule has 0 amide bonds. The van der Waals surface area contributed by atoms with Crippen molar-refractivity contribution in [3.05, 3.63) is 0 Å². The van der Waals surface area contributed by atoms with Crippen LogP contribution in [0.3, 0.4) is 0 Å². The van der Waals surface area contributed by atoms with E-state index in [2.05, 4.69) is 13.8 Å². The van der Waals surface area contributed by atoms with E-state index >= 15 is 0 Å². The highest BCUT2D eigenvalue weighted by molar-refractivity contribution is 6.40. The number of aliphatic hydroxyl groups excluding tert-OH is 1. The van der Waals surface area contributed by atoms with Gasteiger partial charge < -0.3 is 5.11 Å². The van der Waals surface area contributed by atoms with Gasteiger partial charge in [0, 0.05) is 6.61 Å². The number of aliphatic hydroxyl groups is 1. The van der Waals surface area contributed by atoms with Crippen molar-refractivity contribution in [1.29, 1.82) is 0 Å². The number of halogens is 2. The van der Waals surface area contributed by atoms with Gasteiger partial charge in [-0.25, -0.2) is 0 Å². The third kappa shape index (κ3) is 76.5. The molecule has 0 atom stereocenters. The zero-order chi connectivity index (χ0) is 10.2. The molecule has 0 bridgehead atoms. The quantitative estimate of drug-likeness (QED) is 0.559. The molecule has 0 aliphatic heterocycles. The summed E-state index contributed by atoms with van der Waals surface area (Å²) in [4.78, 5) is 0. The second-order valence-electron chi connectivity index (χ2n) is 2.12. The van der Waals surface area contributed by atoms with E-state index in [1.54, 1.807) is 6.92 Å².